The highest BCUT2D eigenvalue weighted by Gasteiger charge is 2.66. The van der Waals surface area contributed by atoms with Crippen LogP contribution in [0.2, 0.25) is 0 Å². The first-order chi connectivity index (χ1) is 15.7. The van der Waals surface area contributed by atoms with E-state index in [1.165, 1.54) is 25.7 Å². The minimum absolute atomic E-state index is 0.179. The molecule has 0 radical (unpaired) electrons. The van der Waals surface area contributed by atoms with Gasteiger partial charge in [0.2, 0.25) is 0 Å². The summed E-state index contributed by atoms with van der Waals surface area (Å²) in [6.45, 7) is 16.1. The predicted octanol–water partition coefficient (Wildman–Crippen LogP) is 5.70. The van der Waals surface area contributed by atoms with Gasteiger partial charge in [-0.05, 0) is 98.7 Å². The molecule has 3 saturated carbocycles. The average molecular weight is 473 g/mol. The van der Waals surface area contributed by atoms with Crippen LogP contribution >= 0.6 is 0 Å². The number of rotatable bonds is 2. The van der Waals surface area contributed by atoms with Crippen molar-refractivity contribution >= 4 is 5.78 Å². The van der Waals surface area contributed by atoms with Crippen LogP contribution in [-0.2, 0) is 9.53 Å². The highest BCUT2D eigenvalue weighted by molar-refractivity contribution is 5.85. The lowest BCUT2D eigenvalue weighted by Crippen LogP contribution is -2.58. The van der Waals surface area contributed by atoms with Crippen molar-refractivity contribution < 1.29 is 19.7 Å². The van der Waals surface area contributed by atoms with Gasteiger partial charge in [-0.2, -0.15) is 0 Å². The van der Waals surface area contributed by atoms with Crippen molar-refractivity contribution in [2.45, 2.75) is 118 Å². The van der Waals surface area contributed by atoms with Crippen LogP contribution in [0.25, 0.3) is 0 Å². The molecule has 4 fully saturated rings. The maximum absolute atomic E-state index is 12.8. The smallest absolute Gasteiger partial charge is 0.138 e. The molecule has 0 amide bonds. The van der Waals surface area contributed by atoms with Crippen molar-refractivity contribution in [1.82, 2.24) is 0 Å². The van der Waals surface area contributed by atoms with Gasteiger partial charge in [-0.1, -0.05) is 46.3 Å². The minimum atomic E-state index is -1.02. The zero-order valence-corrected chi connectivity index (χ0v) is 22.6. The molecular weight excluding hydrogens is 424 g/mol. The third-order valence-corrected chi connectivity index (χ3v) is 12.3. The molecule has 2 unspecified atom stereocenters. The molecule has 5 rings (SSSR count). The highest BCUT2D eigenvalue weighted by Crippen LogP contribution is 2.73. The van der Waals surface area contributed by atoms with Gasteiger partial charge in [0.25, 0.3) is 0 Å². The van der Waals surface area contributed by atoms with Gasteiger partial charge in [0.05, 0.1) is 18.3 Å². The van der Waals surface area contributed by atoms with Crippen LogP contribution in [-0.4, -0.2) is 40.4 Å². The molecule has 4 nitrogen and oxygen atoms in total. The number of carbonyl (C=O) groups excluding carboxylic acids is 1. The summed E-state index contributed by atoms with van der Waals surface area (Å²) < 4.78 is 6.12. The molecule has 2 N–H and O–H groups in total. The number of aliphatic hydroxyl groups excluding tert-OH is 1. The van der Waals surface area contributed by atoms with E-state index in [-0.39, 0.29) is 21.7 Å². The number of hydrogen-bond acceptors (Lipinski definition) is 4. The number of fused-ring (bicyclic) bond motifs is 5. The summed E-state index contributed by atoms with van der Waals surface area (Å²) >= 11 is 0. The van der Waals surface area contributed by atoms with Gasteiger partial charge in [-0.25, -0.2) is 0 Å². The first-order valence-corrected chi connectivity index (χ1v) is 13.9. The molecule has 0 aromatic carbocycles. The molecule has 9 atom stereocenters. The zero-order chi connectivity index (χ0) is 24.9. The molecule has 1 heterocycles. The Morgan fingerprint density at radius 1 is 1.06 bits per heavy atom. The van der Waals surface area contributed by atoms with Crippen molar-refractivity contribution in [3.8, 4) is 0 Å². The molecule has 1 saturated heterocycles. The fourth-order valence-corrected chi connectivity index (χ4v) is 10.1. The Labute approximate surface area is 206 Å². The maximum Gasteiger partial charge on any atom is 0.138 e. The van der Waals surface area contributed by atoms with E-state index in [0.717, 1.165) is 25.7 Å². The Kier molecular flexibility index (Phi) is 5.62. The second kappa shape index (κ2) is 7.65. The average Bonchev–Trinajstić information content (AvgIpc) is 3.02. The zero-order valence-electron chi connectivity index (χ0n) is 22.6. The van der Waals surface area contributed by atoms with Gasteiger partial charge in [0.15, 0.2) is 0 Å². The van der Waals surface area contributed by atoms with Crippen LogP contribution < -0.4 is 0 Å². The molecule has 0 aromatic rings. The van der Waals surface area contributed by atoms with Crippen LogP contribution in [0.5, 0.6) is 0 Å². The number of allylic oxidation sites excluding steroid dienone is 2. The topological polar surface area (TPSA) is 66.8 Å². The monoisotopic (exact) mass is 472 g/mol. The van der Waals surface area contributed by atoms with Gasteiger partial charge in [0, 0.05) is 11.8 Å². The van der Waals surface area contributed by atoms with Gasteiger partial charge in [-0.15, -0.1) is 0 Å². The van der Waals surface area contributed by atoms with E-state index in [1.807, 2.05) is 0 Å². The van der Waals surface area contributed by atoms with E-state index >= 15 is 0 Å². The lowest BCUT2D eigenvalue weighted by Gasteiger charge is -2.63. The summed E-state index contributed by atoms with van der Waals surface area (Å²) in [4.78, 5) is 12.8. The van der Waals surface area contributed by atoms with Gasteiger partial charge >= 0.3 is 0 Å². The second-order valence-electron chi connectivity index (χ2n) is 14.6. The van der Waals surface area contributed by atoms with Crippen LogP contribution in [0.15, 0.2) is 11.6 Å². The predicted molar refractivity (Wildman–Crippen MR) is 134 cm³/mol. The second-order valence-corrected chi connectivity index (χ2v) is 14.6. The fourth-order valence-electron chi connectivity index (χ4n) is 10.1. The third kappa shape index (κ3) is 3.23. The van der Waals surface area contributed by atoms with Crippen molar-refractivity contribution in [3.05, 3.63) is 11.6 Å². The molecule has 34 heavy (non-hydrogen) atoms. The van der Waals surface area contributed by atoms with Crippen LogP contribution in [0, 0.1) is 45.3 Å². The number of aliphatic hydroxyl groups is 2. The Bertz CT molecular complexity index is 883. The quantitative estimate of drug-likeness (QED) is 0.506. The first kappa shape index (κ1) is 25.0. The lowest BCUT2D eigenvalue weighted by molar-refractivity contribution is -0.187. The van der Waals surface area contributed by atoms with Gasteiger partial charge in [0.1, 0.15) is 11.9 Å². The summed E-state index contributed by atoms with van der Waals surface area (Å²) in [6.07, 6.45) is 9.84. The van der Waals surface area contributed by atoms with Crippen molar-refractivity contribution in [3.63, 3.8) is 0 Å². The SMILES string of the molecule is CC(C)(O)C1OC[C@H]([C@H]2CC[C@]3(C)C4=CC[C@H]5C(C)(C)C(=O)CC[C@]5(C)[C@@H]4CC[C@@]23C)CC1O. The molecule has 0 spiro atoms. The molecule has 0 bridgehead atoms. The normalized spacial score (nSPS) is 50.7. The minimum Gasteiger partial charge on any atom is -0.390 e. The Morgan fingerprint density at radius 3 is 2.41 bits per heavy atom. The molecule has 1 aliphatic heterocycles. The molecule has 5 aliphatic rings. The van der Waals surface area contributed by atoms with E-state index < -0.39 is 17.8 Å². The van der Waals surface area contributed by atoms with E-state index in [2.05, 4.69) is 40.7 Å². The molecule has 0 aromatic heterocycles. The Hall–Kier alpha value is -0.710. The Balaban J connectivity index is 1.43. The van der Waals surface area contributed by atoms with Crippen molar-refractivity contribution in [2.24, 2.45) is 45.3 Å². The number of ether oxygens (including phenoxy) is 1. The van der Waals surface area contributed by atoms with Crippen LogP contribution in [0.1, 0.15) is 99.8 Å². The molecule has 4 aliphatic carbocycles. The number of ketones is 1. The van der Waals surface area contributed by atoms with Crippen LogP contribution in [0.4, 0.5) is 0 Å². The largest absolute Gasteiger partial charge is 0.390 e. The summed E-state index contributed by atoms with van der Waals surface area (Å²) in [5, 5.41) is 21.3. The van der Waals surface area contributed by atoms with Crippen molar-refractivity contribution in [1.29, 1.82) is 0 Å². The van der Waals surface area contributed by atoms with E-state index in [4.69, 9.17) is 4.74 Å². The number of Topliss-reactive ketones (excluding diaryl/α,β-unsaturated/α-hetero) is 1. The summed E-state index contributed by atoms with van der Waals surface area (Å²) in [6, 6.07) is 0. The summed E-state index contributed by atoms with van der Waals surface area (Å²) in [5.41, 5.74) is 1.05. The van der Waals surface area contributed by atoms with Crippen molar-refractivity contribution in [2.75, 3.05) is 6.61 Å². The molecule has 4 heteroatoms. The van der Waals surface area contributed by atoms with Gasteiger partial charge in [-0.3, -0.25) is 4.79 Å². The Morgan fingerprint density at radius 2 is 1.76 bits per heavy atom. The third-order valence-electron chi connectivity index (χ3n) is 12.3. The highest BCUT2D eigenvalue weighted by atomic mass is 16.5. The molecular formula is C30H48O4. The number of hydrogen-bond donors (Lipinski definition) is 2. The lowest BCUT2D eigenvalue weighted by atomic mass is 9.41. The maximum atomic E-state index is 12.8. The van der Waals surface area contributed by atoms with E-state index in [9.17, 15) is 15.0 Å². The molecule has 192 valence electrons. The van der Waals surface area contributed by atoms with E-state index in [1.54, 1.807) is 19.4 Å². The summed E-state index contributed by atoms with van der Waals surface area (Å²) in [5.74, 6) is 2.37. The standard InChI is InChI=1S/C30H48O4/c1-26(2)23-9-8-21-20(28(23,5)13-12-24(26)32)11-15-29(6)19(10-14-30(21,29)7)18-16-22(31)25(34-17-18)27(3,4)33/h8,18-20,22-23,25,31,33H,9-17H2,1-7H3/t18-,19-,20-,22?,23+,25?,28-,29+,30-/m1/s1. The number of carbonyl (C=O) groups is 1. The van der Waals surface area contributed by atoms with Crippen LogP contribution in [0.3, 0.4) is 0 Å². The van der Waals surface area contributed by atoms with E-state index in [0.29, 0.717) is 36.1 Å². The summed E-state index contributed by atoms with van der Waals surface area (Å²) in [7, 11) is 0. The first-order valence-electron chi connectivity index (χ1n) is 13.9. The fraction of sp³-hybridized carbons (Fsp3) is 0.900. The van der Waals surface area contributed by atoms with Gasteiger partial charge < -0.3 is 14.9 Å².